The molecular weight excluding hydrogens is 462 g/mol. The number of nitrogens with zero attached hydrogens (tertiary/aromatic N) is 3. The fraction of sp³-hybridized carbons (Fsp3) is 0.333. The van der Waals surface area contributed by atoms with Crippen LogP contribution in [0.3, 0.4) is 0 Å². The van der Waals surface area contributed by atoms with Crippen molar-refractivity contribution in [1.82, 2.24) is 9.88 Å². The predicted molar refractivity (Wildman–Crippen MR) is 133 cm³/mol. The van der Waals surface area contributed by atoms with Crippen LogP contribution in [0.2, 0.25) is 0 Å². The van der Waals surface area contributed by atoms with Crippen LogP contribution >= 0.6 is 0 Å². The molecule has 4 heterocycles. The Morgan fingerprint density at radius 2 is 2.00 bits per heavy atom. The van der Waals surface area contributed by atoms with Crippen molar-refractivity contribution in [3.8, 4) is 11.5 Å². The van der Waals surface area contributed by atoms with Gasteiger partial charge in [0.1, 0.15) is 17.6 Å². The lowest BCUT2D eigenvalue weighted by atomic mass is 9.73. The van der Waals surface area contributed by atoms with Crippen LogP contribution in [0, 0.1) is 22.0 Å². The summed E-state index contributed by atoms with van der Waals surface area (Å²) >= 11 is 0. The molecule has 9 nitrogen and oxygen atoms in total. The average Bonchev–Trinajstić information content (AvgIpc) is 2.91. The summed E-state index contributed by atoms with van der Waals surface area (Å²) in [7, 11) is 1.61. The Bertz CT molecular complexity index is 1290. The van der Waals surface area contributed by atoms with Crippen molar-refractivity contribution in [2.24, 2.45) is 11.8 Å². The van der Waals surface area contributed by atoms with Gasteiger partial charge in [0.05, 0.1) is 23.6 Å². The number of nitro benzene ring substituents is 1. The Morgan fingerprint density at radius 3 is 2.67 bits per heavy atom. The molecule has 186 valence electrons. The maximum absolute atomic E-state index is 13.0. The van der Waals surface area contributed by atoms with Crippen LogP contribution in [-0.4, -0.2) is 47.2 Å². The molecule has 0 amide bonds. The Morgan fingerprint density at radius 1 is 1.22 bits per heavy atom. The number of nitro groups is 1. The summed E-state index contributed by atoms with van der Waals surface area (Å²) < 4.78 is 16.9. The van der Waals surface area contributed by atoms with Gasteiger partial charge in [0.2, 0.25) is 0 Å². The maximum atomic E-state index is 13.0. The van der Waals surface area contributed by atoms with Gasteiger partial charge < -0.3 is 14.2 Å². The van der Waals surface area contributed by atoms with E-state index in [-0.39, 0.29) is 17.5 Å². The molecule has 3 aliphatic heterocycles. The van der Waals surface area contributed by atoms with Crippen molar-refractivity contribution in [3.05, 3.63) is 83.1 Å². The third-order valence-electron chi connectivity index (χ3n) is 7.26. The monoisotopic (exact) mass is 489 g/mol. The van der Waals surface area contributed by atoms with Crippen molar-refractivity contribution in [3.63, 3.8) is 0 Å². The first-order valence-electron chi connectivity index (χ1n) is 11.9. The molecule has 3 fully saturated rings. The zero-order valence-corrected chi connectivity index (χ0v) is 19.9. The highest BCUT2D eigenvalue weighted by Gasteiger charge is 2.44. The minimum Gasteiger partial charge on any atom is -0.497 e. The number of piperidine rings is 3. The summed E-state index contributed by atoms with van der Waals surface area (Å²) in [5.74, 6) is 1.73. The standard InChI is InChI=1S/C27H27N3O6/c1-3-17-16-29-13-11-18(17)14-25(29)26(22-10-12-28-24-9-8-21(34-2)15-23(22)24)36-27(31)35-20-6-4-19(5-7-20)30(32)33/h3-10,12,15,17-18,25-26H,1,11,13-14,16H2,2H3/t17-,18-,25-,26+/m0/s1. The molecule has 0 aliphatic carbocycles. The molecule has 36 heavy (non-hydrogen) atoms. The second-order valence-electron chi connectivity index (χ2n) is 9.17. The van der Waals surface area contributed by atoms with E-state index in [4.69, 9.17) is 14.2 Å². The van der Waals surface area contributed by atoms with Crippen molar-refractivity contribution in [2.45, 2.75) is 25.0 Å². The third kappa shape index (κ3) is 4.61. The lowest BCUT2D eigenvalue weighted by molar-refractivity contribution is -0.384. The molecule has 6 rings (SSSR count). The molecule has 0 radical (unpaired) electrons. The summed E-state index contributed by atoms with van der Waals surface area (Å²) in [6.45, 7) is 5.79. The minimum absolute atomic E-state index is 0.0406. The van der Waals surface area contributed by atoms with Crippen molar-refractivity contribution >= 4 is 22.7 Å². The molecule has 0 saturated carbocycles. The molecule has 0 N–H and O–H groups in total. The van der Waals surface area contributed by atoms with Gasteiger partial charge in [0.15, 0.2) is 0 Å². The van der Waals surface area contributed by atoms with Crippen LogP contribution < -0.4 is 9.47 Å². The molecule has 0 spiro atoms. The smallest absolute Gasteiger partial charge is 0.497 e. The number of rotatable bonds is 7. The average molecular weight is 490 g/mol. The topological polar surface area (TPSA) is 104 Å². The van der Waals surface area contributed by atoms with E-state index >= 15 is 0 Å². The molecule has 3 aliphatic rings. The summed E-state index contributed by atoms with van der Waals surface area (Å²) in [6.07, 6.45) is 4.20. The fourth-order valence-corrected chi connectivity index (χ4v) is 5.42. The number of ether oxygens (including phenoxy) is 3. The first-order valence-corrected chi connectivity index (χ1v) is 11.9. The van der Waals surface area contributed by atoms with Crippen molar-refractivity contribution < 1.29 is 23.9 Å². The van der Waals surface area contributed by atoms with Gasteiger partial charge in [-0.05, 0) is 67.6 Å². The number of benzene rings is 2. The number of hydrogen-bond donors (Lipinski definition) is 0. The molecule has 1 unspecified atom stereocenters. The number of pyridine rings is 1. The Kier molecular flexibility index (Phi) is 6.56. The molecule has 9 heteroatoms. The van der Waals surface area contributed by atoms with Crippen molar-refractivity contribution in [1.29, 1.82) is 0 Å². The number of non-ortho nitro benzene ring substituents is 1. The summed E-state index contributed by atoms with van der Waals surface area (Å²) in [5.41, 5.74) is 1.51. The van der Waals surface area contributed by atoms with E-state index in [2.05, 4.69) is 16.5 Å². The zero-order chi connectivity index (χ0) is 25.2. The van der Waals surface area contributed by atoms with Crippen LogP contribution in [0.4, 0.5) is 10.5 Å². The van der Waals surface area contributed by atoms with Crippen LogP contribution in [-0.2, 0) is 4.74 Å². The maximum Gasteiger partial charge on any atom is 0.514 e. The number of aromatic nitrogens is 1. The third-order valence-corrected chi connectivity index (χ3v) is 7.26. The van der Waals surface area contributed by atoms with Crippen LogP contribution in [0.5, 0.6) is 11.5 Å². The highest BCUT2D eigenvalue weighted by Crippen LogP contribution is 2.43. The molecule has 5 atom stereocenters. The first kappa shape index (κ1) is 23.7. The summed E-state index contributed by atoms with van der Waals surface area (Å²) in [6, 6.07) is 12.8. The van der Waals surface area contributed by atoms with Gasteiger partial charge in [0.25, 0.3) is 5.69 Å². The first-order chi connectivity index (χ1) is 17.5. The van der Waals surface area contributed by atoms with Gasteiger partial charge in [-0.15, -0.1) is 6.58 Å². The second-order valence-corrected chi connectivity index (χ2v) is 9.17. The number of carbonyl (C=O) groups is 1. The molecule has 2 aromatic carbocycles. The molecule has 1 aromatic heterocycles. The minimum atomic E-state index is -0.871. The lowest BCUT2D eigenvalue weighted by Crippen LogP contribution is -2.55. The van der Waals surface area contributed by atoms with Gasteiger partial charge >= 0.3 is 6.16 Å². The largest absolute Gasteiger partial charge is 0.514 e. The SMILES string of the molecule is C=C[C@H]1CN2CC[C@H]1C[C@H]2[C@H](OC(=O)Oc1ccc([N+](=O)[O-])cc1)c1ccnc2ccc(OC)cc12. The lowest BCUT2D eigenvalue weighted by Gasteiger charge is -2.51. The summed E-state index contributed by atoms with van der Waals surface area (Å²) in [4.78, 5) is 30.2. The number of hydrogen-bond acceptors (Lipinski definition) is 8. The fourth-order valence-electron chi connectivity index (χ4n) is 5.42. The van der Waals surface area contributed by atoms with Gasteiger partial charge in [0, 0.05) is 35.8 Å². The van der Waals surface area contributed by atoms with E-state index in [9.17, 15) is 14.9 Å². The molecule has 3 aromatic rings. The van der Waals surface area contributed by atoms with Gasteiger partial charge in [-0.2, -0.15) is 0 Å². The van der Waals surface area contributed by atoms with Gasteiger partial charge in [-0.1, -0.05) is 6.08 Å². The van der Waals surface area contributed by atoms with E-state index in [1.807, 2.05) is 30.3 Å². The highest BCUT2D eigenvalue weighted by molar-refractivity contribution is 5.84. The van der Waals surface area contributed by atoms with Crippen LogP contribution in [0.1, 0.15) is 24.5 Å². The van der Waals surface area contributed by atoms with Crippen LogP contribution in [0.15, 0.2) is 67.4 Å². The van der Waals surface area contributed by atoms with Crippen molar-refractivity contribution in [2.75, 3.05) is 20.2 Å². The Balaban J connectivity index is 1.47. The molecule has 3 saturated heterocycles. The number of methoxy groups -OCH3 is 1. The second kappa shape index (κ2) is 9.94. The van der Waals surface area contributed by atoms with E-state index in [1.54, 1.807) is 13.3 Å². The summed E-state index contributed by atoms with van der Waals surface area (Å²) in [5, 5.41) is 11.8. The quantitative estimate of drug-likeness (QED) is 0.145. The number of carbonyl (C=O) groups excluding carboxylic acids is 1. The van der Waals surface area contributed by atoms with Gasteiger partial charge in [-0.25, -0.2) is 4.79 Å². The van der Waals surface area contributed by atoms with Gasteiger partial charge in [-0.3, -0.25) is 20.0 Å². The Hall–Kier alpha value is -3.98. The van der Waals surface area contributed by atoms with E-state index in [0.29, 0.717) is 17.6 Å². The molecular formula is C27H27N3O6. The predicted octanol–water partition coefficient (Wildman–Crippen LogP) is 5.30. The highest BCUT2D eigenvalue weighted by atomic mass is 16.7. The van der Waals surface area contributed by atoms with E-state index < -0.39 is 17.2 Å². The van der Waals surface area contributed by atoms with E-state index in [1.165, 1.54) is 24.3 Å². The van der Waals surface area contributed by atoms with Crippen LogP contribution in [0.25, 0.3) is 10.9 Å². The Labute approximate surface area is 208 Å². The number of fused-ring (bicyclic) bond motifs is 4. The molecule has 2 bridgehead atoms. The zero-order valence-electron chi connectivity index (χ0n) is 19.9. The van der Waals surface area contributed by atoms with E-state index in [0.717, 1.165) is 42.4 Å². The normalized spacial score (nSPS) is 23.6.